The maximum atomic E-state index is 5.30. The van der Waals surface area contributed by atoms with Gasteiger partial charge in [0.25, 0.3) is 0 Å². The van der Waals surface area contributed by atoms with E-state index in [0.717, 1.165) is 56.5 Å². The van der Waals surface area contributed by atoms with Gasteiger partial charge in [-0.05, 0) is 37.6 Å². The third kappa shape index (κ3) is 8.13. The number of guanidine groups is 1. The zero-order valence-corrected chi connectivity index (χ0v) is 20.4. The largest absolute Gasteiger partial charge is 0.497 e. The number of nitrogens with zero attached hydrogens (tertiary/aromatic N) is 3. The molecule has 0 aromatic heterocycles. The van der Waals surface area contributed by atoms with E-state index in [2.05, 4.69) is 54.3 Å². The van der Waals surface area contributed by atoms with Gasteiger partial charge in [-0.2, -0.15) is 0 Å². The van der Waals surface area contributed by atoms with Gasteiger partial charge in [0.1, 0.15) is 5.75 Å². The maximum Gasteiger partial charge on any atom is 0.191 e. The van der Waals surface area contributed by atoms with Gasteiger partial charge >= 0.3 is 0 Å². The number of benzene rings is 1. The molecule has 0 aliphatic carbocycles. The van der Waals surface area contributed by atoms with Crippen molar-refractivity contribution < 1.29 is 4.74 Å². The Morgan fingerprint density at radius 3 is 2.50 bits per heavy atom. The summed E-state index contributed by atoms with van der Waals surface area (Å²) in [6.07, 6.45) is 0. The molecule has 0 radical (unpaired) electrons. The van der Waals surface area contributed by atoms with Crippen LogP contribution in [-0.2, 0) is 6.54 Å². The molecule has 2 rings (SSSR count). The average Bonchev–Trinajstić information content (AvgIpc) is 2.67. The molecule has 1 saturated heterocycles. The van der Waals surface area contributed by atoms with Crippen LogP contribution in [0.1, 0.15) is 26.3 Å². The number of ether oxygens (including phenoxy) is 1. The molecular weight excluding hydrogens is 465 g/mol. The molecule has 1 fully saturated rings. The maximum absolute atomic E-state index is 5.30. The molecule has 1 heterocycles. The summed E-state index contributed by atoms with van der Waals surface area (Å²) < 4.78 is 5.30. The van der Waals surface area contributed by atoms with Crippen molar-refractivity contribution in [2.45, 2.75) is 33.4 Å². The summed E-state index contributed by atoms with van der Waals surface area (Å²) in [4.78, 5) is 9.78. The number of methoxy groups -OCH3 is 1. The van der Waals surface area contributed by atoms with E-state index in [9.17, 15) is 0 Å². The average molecular weight is 503 g/mol. The number of halogens is 1. The minimum atomic E-state index is 0. The molecule has 0 bridgehead atoms. The number of piperazine rings is 1. The standard InChI is InChI=1S/C21H37N5O.HI/c1-6-22-21(23-15-18-8-7-9-19(14-18)27-5)24-16-20(17(2)3)26-12-10-25(4)11-13-26;/h7-9,14,17,20H,6,10-13,15-16H2,1-5H3,(H2,22,23,24);1H. The Kier molecular flexibility index (Phi) is 11.8. The van der Waals surface area contributed by atoms with Crippen molar-refractivity contribution >= 4 is 29.9 Å². The number of hydrogen-bond acceptors (Lipinski definition) is 4. The minimum Gasteiger partial charge on any atom is -0.497 e. The molecule has 0 spiro atoms. The molecule has 160 valence electrons. The molecule has 2 N–H and O–H groups in total. The van der Waals surface area contributed by atoms with E-state index in [1.165, 1.54) is 0 Å². The molecule has 1 aliphatic heterocycles. The number of rotatable bonds is 8. The summed E-state index contributed by atoms with van der Waals surface area (Å²) in [6.45, 7) is 13.7. The second kappa shape index (κ2) is 13.2. The van der Waals surface area contributed by atoms with Crippen molar-refractivity contribution in [2.24, 2.45) is 10.9 Å². The molecule has 1 aromatic carbocycles. The van der Waals surface area contributed by atoms with Crippen molar-refractivity contribution in [3.05, 3.63) is 29.8 Å². The monoisotopic (exact) mass is 503 g/mol. The summed E-state index contributed by atoms with van der Waals surface area (Å²) >= 11 is 0. The van der Waals surface area contributed by atoms with Gasteiger partial charge in [-0.15, -0.1) is 24.0 Å². The Bertz CT molecular complexity index is 588. The molecule has 7 heteroatoms. The van der Waals surface area contributed by atoms with Gasteiger partial charge in [0.2, 0.25) is 0 Å². The SMILES string of the molecule is CCNC(=NCc1cccc(OC)c1)NCC(C(C)C)N1CCN(C)CC1.I. The van der Waals surface area contributed by atoms with E-state index in [-0.39, 0.29) is 24.0 Å². The first-order chi connectivity index (χ1) is 13.0. The van der Waals surface area contributed by atoms with Crippen LogP contribution in [0.2, 0.25) is 0 Å². The molecule has 0 amide bonds. The van der Waals surface area contributed by atoms with Crippen LogP contribution in [-0.4, -0.2) is 75.2 Å². The highest BCUT2D eigenvalue weighted by Crippen LogP contribution is 2.14. The highest BCUT2D eigenvalue weighted by Gasteiger charge is 2.25. The van der Waals surface area contributed by atoms with Crippen LogP contribution in [0.15, 0.2) is 29.3 Å². The summed E-state index contributed by atoms with van der Waals surface area (Å²) in [5.74, 6) is 2.35. The van der Waals surface area contributed by atoms with Gasteiger partial charge in [0.05, 0.1) is 13.7 Å². The zero-order chi connectivity index (χ0) is 19.6. The van der Waals surface area contributed by atoms with E-state index in [1.807, 2.05) is 18.2 Å². The van der Waals surface area contributed by atoms with Crippen molar-refractivity contribution in [1.82, 2.24) is 20.4 Å². The number of hydrogen-bond donors (Lipinski definition) is 2. The van der Waals surface area contributed by atoms with Crippen LogP contribution < -0.4 is 15.4 Å². The lowest BCUT2D eigenvalue weighted by atomic mass is 10.0. The lowest BCUT2D eigenvalue weighted by Gasteiger charge is -2.40. The summed E-state index contributed by atoms with van der Waals surface area (Å²) in [5.41, 5.74) is 1.14. The molecule has 28 heavy (non-hydrogen) atoms. The molecule has 1 aromatic rings. The number of likely N-dealkylation sites (N-methyl/N-ethyl adjacent to an activating group) is 1. The Balaban J connectivity index is 0.00000392. The van der Waals surface area contributed by atoms with Crippen molar-refractivity contribution in [3.63, 3.8) is 0 Å². The Morgan fingerprint density at radius 1 is 1.18 bits per heavy atom. The normalized spacial score (nSPS) is 17.1. The van der Waals surface area contributed by atoms with Crippen LogP contribution >= 0.6 is 24.0 Å². The number of nitrogens with one attached hydrogen (secondary N) is 2. The Hall–Kier alpha value is -1.06. The van der Waals surface area contributed by atoms with Crippen molar-refractivity contribution in [3.8, 4) is 5.75 Å². The molecule has 1 unspecified atom stereocenters. The van der Waals surface area contributed by atoms with Gasteiger partial charge in [0.15, 0.2) is 5.96 Å². The summed E-state index contributed by atoms with van der Waals surface area (Å²) in [5, 5.41) is 6.93. The fraction of sp³-hybridized carbons (Fsp3) is 0.667. The second-order valence-corrected chi connectivity index (χ2v) is 7.58. The fourth-order valence-electron chi connectivity index (χ4n) is 3.42. The van der Waals surface area contributed by atoms with Crippen LogP contribution in [0.4, 0.5) is 0 Å². The van der Waals surface area contributed by atoms with Gasteiger partial charge < -0.3 is 20.3 Å². The van der Waals surface area contributed by atoms with Gasteiger partial charge in [0, 0.05) is 45.3 Å². The quantitative estimate of drug-likeness (QED) is 0.325. The van der Waals surface area contributed by atoms with Crippen molar-refractivity contribution in [1.29, 1.82) is 0 Å². The molecule has 1 atom stereocenters. The minimum absolute atomic E-state index is 0. The van der Waals surface area contributed by atoms with Crippen LogP contribution in [0.25, 0.3) is 0 Å². The lowest BCUT2D eigenvalue weighted by molar-refractivity contribution is 0.0900. The first-order valence-electron chi connectivity index (χ1n) is 10.1. The Labute approximate surface area is 188 Å². The first kappa shape index (κ1) is 25.0. The summed E-state index contributed by atoms with van der Waals surface area (Å²) in [6, 6.07) is 8.59. The van der Waals surface area contributed by atoms with Gasteiger partial charge in [-0.3, -0.25) is 4.90 Å². The van der Waals surface area contributed by atoms with E-state index in [1.54, 1.807) is 7.11 Å². The zero-order valence-electron chi connectivity index (χ0n) is 18.1. The fourth-order valence-corrected chi connectivity index (χ4v) is 3.42. The van der Waals surface area contributed by atoms with Crippen molar-refractivity contribution in [2.75, 3.05) is 53.4 Å². The third-order valence-corrected chi connectivity index (χ3v) is 5.15. The molecule has 6 nitrogen and oxygen atoms in total. The lowest BCUT2D eigenvalue weighted by Crippen LogP contribution is -2.55. The molecule has 0 saturated carbocycles. The second-order valence-electron chi connectivity index (χ2n) is 7.58. The molecular formula is C21H38IN5O. The van der Waals surface area contributed by atoms with Gasteiger partial charge in [-0.1, -0.05) is 26.0 Å². The Morgan fingerprint density at radius 2 is 1.89 bits per heavy atom. The molecule has 1 aliphatic rings. The first-order valence-corrected chi connectivity index (χ1v) is 10.1. The van der Waals surface area contributed by atoms with E-state index in [0.29, 0.717) is 18.5 Å². The number of aliphatic imine (C=N–C) groups is 1. The van der Waals surface area contributed by atoms with Gasteiger partial charge in [-0.25, -0.2) is 4.99 Å². The van der Waals surface area contributed by atoms with Crippen LogP contribution in [0, 0.1) is 5.92 Å². The predicted octanol–water partition coefficient (Wildman–Crippen LogP) is 2.64. The van der Waals surface area contributed by atoms with E-state index < -0.39 is 0 Å². The third-order valence-electron chi connectivity index (χ3n) is 5.15. The highest BCUT2D eigenvalue weighted by molar-refractivity contribution is 14.0. The predicted molar refractivity (Wildman–Crippen MR) is 129 cm³/mol. The van der Waals surface area contributed by atoms with Crippen LogP contribution in [0.5, 0.6) is 5.75 Å². The smallest absolute Gasteiger partial charge is 0.191 e. The highest BCUT2D eigenvalue weighted by atomic mass is 127. The van der Waals surface area contributed by atoms with E-state index in [4.69, 9.17) is 9.73 Å². The van der Waals surface area contributed by atoms with E-state index >= 15 is 0 Å². The topological polar surface area (TPSA) is 52.1 Å². The summed E-state index contributed by atoms with van der Waals surface area (Å²) in [7, 11) is 3.90. The van der Waals surface area contributed by atoms with Crippen LogP contribution in [0.3, 0.4) is 0 Å².